The molecular weight excluding hydrogens is 326 g/mol. The first kappa shape index (κ1) is 14.8. The van der Waals surface area contributed by atoms with Crippen LogP contribution in [0.5, 0.6) is 5.75 Å². The van der Waals surface area contributed by atoms with Crippen molar-refractivity contribution in [2.24, 2.45) is 0 Å². The maximum absolute atomic E-state index is 12.5. The molecule has 120 valence electrons. The maximum Gasteiger partial charge on any atom is 0.349 e. The summed E-state index contributed by atoms with van der Waals surface area (Å²) in [5.74, 6) is 0.509. The second-order valence-corrected chi connectivity index (χ2v) is 5.84. The molecule has 0 atom stereocenters. The van der Waals surface area contributed by atoms with E-state index in [0.29, 0.717) is 28.3 Å². The lowest BCUT2D eigenvalue weighted by molar-refractivity contribution is 0.345. The van der Waals surface area contributed by atoms with E-state index in [0.717, 1.165) is 22.2 Å². The van der Waals surface area contributed by atoms with Gasteiger partial charge >= 0.3 is 5.63 Å². The van der Waals surface area contributed by atoms with Gasteiger partial charge in [0, 0.05) is 16.0 Å². The highest BCUT2D eigenvalue weighted by Gasteiger charge is 2.20. The van der Waals surface area contributed by atoms with Crippen molar-refractivity contribution >= 4 is 33.5 Å². The number of benzene rings is 2. The summed E-state index contributed by atoms with van der Waals surface area (Å²) >= 11 is 5.98. The Hall–Kier alpha value is -2.72. The highest BCUT2D eigenvalue weighted by atomic mass is 35.5. The molecule has 4 rings (SSSR count). The number of ether oxygens (including phenoxy) is 1. The predicted octanol–water partition coefficient (Wildman–Crippen LogP) is 4.99. The molecule has 0 fully saturated rings. The number of aromatic nitrogens is 1. The molecule has 2 aromatic carbocycles. The van der Waals surface area contributed by atoms with Crippen molar-refractivity contribution in [2.45, 2.75) is 6.92 Å². The topological polar surface area (TPSA) is 55.2 Å². The van der Waals surface area contributed by atoms with E-state index in [9.17, 15) is 4.79 Å². The highest BCUT2D eigenvalue weighted by molar-refractivity contribution is 6.30. The first-order valence-electron chi connectivity index (χ1n) is 7.65. The lowest BCUT2D eigenvalue weighted by atomic mass is 10.1. The van der Waals surface area contributed by atoms with Gasteiger partial charge in [-0.3, -0.25) is 0 Å². The molecule has 0 bridgehead atoms. The van der Waals surface area contributed by atoms with E-state index in [4.69, 9.17) is 20.8 Å². The van der Waals surface area contributed by atoms with Gasteiger partial charge in [-0.1, -0.05) is 35.9 Å². The van der Waals surface area contributed by atoms with Gasteiger partial charge in [0.2, 0.25) is 0 Å². The number of fused-ring (bicyclic) bond motifs is 3. The van der Waals surface area contributed by atoms with Crippen LogP contribution in [-0.2, 0) is 0 Å². The average molecular weight is 340 g/mol. The molecule has 2 heterocycles. The zero-order valence-corrected chi connectivity index (χ0v) is 13.7. The Kier molecular flexibility index (Phi) is 3.54. The first-order chi connectivity index (χ1) is 11.7. The van der Waals surface area contributed by atoms with Crippen molar-refractivity contribution in [1.82, 2.24) is 4.98 Å². The third kappa shape index (κ3) is 2.27. The van der Waals surface area contributed by atoms with E-state index in [1.54, 1.807) is 18.2 Å². The summed E-state index contributed by atoms with van der Waals surface area (Å²) in [4.78, 5) is 15.8. The van der Waals surface area contributed by atoms with Gasteiger partial charge < -0.3 is 14.1 Å². The molecule has 0 unspecified atom stereocenters. The van der Waals surface area contributed by atoms with Gasteiger partial charge in [-0.15, -0.1) is 0 Å². The monoisotopic (exact) mass is 339 g/mol. The van der Waals surface area contributed by atoms with Crippen LogP contribution in [0.1, 0.15) is 6.92 Å². The Morgan fingerprint density at radius 1 is 1.12 bits per heavy atom. The van der Waals surface area contributed by atoms with Crippen molar-refractivity contribution in [1.29, 1.82) is 0 Å². The van der Waals surface area contributed by atoms with Gasteiger partial charge in [0.05, 0.1) is 17.8 Å². The third-order valence-corrected chi connectivity index (χ3v) is 4.19. The fourth-order valence-electron chi connectivity index (χ4n) is 2.90. The summed E-state index contributed by atoms with van der Waals surface area (Å²) in [5.41, 5.74) is 2.48. The number of halogens is 1. The minimum absolute atomic E-state index is 0.413. The van der Waals surface area contributed by atoms with Crippen molar-refractivity contribution in [3.05, 3.63) is 64.0 Å². The molecule has 0 spiro atoms. The minimum Gasteiger partial charge on any atom is -0.491 e. The molecule has 0 saturated carbocycles. The van der Waals surface area contributed by atoms with Crippen LogP contribution < -0.4 is 10.4 Å². The Labute approximate surface area is 142 Å². The molecule has 0 amide bonds. The summed E-state index contributed by atoms with van der Waals surface area (Å²) < 4.78 is 11.2. The lowest BCUT2D eigenvalue weighted by Crippen LogP contribution is -2.01. The molecule has 1 N–H and O–H groups in total. The van der Waals surface area contributed by atoms with Crippen LogP contribution in [0.3, 0.4) is 0 Å². The Morgan fingerprint density at radius 2 is 1.88 bits per heavy atom. The second kappa shape index (κ2) is 5.73. The van der Waals surface area contributed by atoms with Gasteiger partial charge in [0.25, 0.3) is 0 Å². The maximum atomic E-state index is 12.5. The van der Waals surface area contributed by atoms with Crippen LogP contribution in [0, 0.1) is 0 Å². The van der Waals surface area contributed by atoms with Crippen LogP contribution in [0.2, 0.25) is 5.02 Å². The number of H-pyrrole nitrogens is 1. The highest BCUT2D eigenvalue weighted by Crippen LogP contribution is 2.38. The number of hydrogen-bond acceptors (Lipinski definition) is 3. The summed E-state index contributed by atoms with van der Waals surface area (Å²) in [6.45, 7) is 2.33. The molecule has 0 radical (unpaired) electrons. The standard InChI is InChI=1S/C19H14ClNO3/c1-2-23-18-15-17(13-5-3-4-6-14(13)24-19(15)22)21-16(18)11-7-9-12(20)10-8-11/h3-10,21H,2H2,1H3. The fraction of sp³-hybridized carbons (Fsp3) is 0.105. The molecule has 0 saturated heterocycles. The van der Waals surface area contributed by atoms with E-state index in [-0.39, 0.29) is 0 Å². The Bertz CT molecular complexity index is 1090. The van der Waals surface area contributed by atoms with E-state index >= 15 is 0 Å². The number of aromatic amines is 1. The quantitative estimate of drug-likeness (QED) is 0.535. The van der Waals surface area contributed by atoms with E-state index in [2.05, 4.69) is 4.98 Å². The number of nitrogens with one attached hydrogen (secondary N) is 1. The van der Waals surface area contributed by atoms with Crippen LogP contribution in [0.15, 0.2) is 57.7 Å². The van der Waals surface area contributed by atoms with Gasteiger partial charge in [-0.25, -0.2) is 4.79 Å². The van der Waals surface area contributed by atoms with Crippen molar-refractivity contribution < 1.29 is 9.15 Å². The van der Waals surface area contributed by atoms with Crippen molar-refractivity contribution in [3.8, 4) is 17.0 Å². The van der Waals surface area contributed by atoms with Crippen molar-refractivity contribution in [3.63, 3.8) is 0 Å². The molecule has 4 nitrogen and oxygen atoms in total. The molecular formula is C19H14ClNO3. The summed E-state index contributed by atoms with van der Waals surface area (Å²) in [6, 6.07) is 14.8. The molecule has 2 aromatic heterocycles. The summed E-state index contributed by atoms with van der Waals surface area (Å²) in [7, 11) is 0. The van der Waals surface area contributed by atoms with Crippen LogP contribution in [0.4, 0.5) is 0 Å². The Morgan fingerprint density at radius 3 is 2.62 bits per heavy atom. The molecule has 4 aromatic rings. The van der Waals surface area contributed by atoms with E-state index in [1.165, 1.54) is 0 Å². The third-order valence-electron chi connectivity index (χ3n) is 3.94. The number of hydrogen-bond donors (Lipinski definition) is 1. The molecule has 5 heteroatoms. The predicted molar refractivity (Wildman–Crippen MR) is 96.0 cm³/mol. The zero-order valence-electron chi connectivity index (χ0n) is 12.9. The molecule has 24 heavy (non-hydrogen) atoms. The van der Waals surface area contributed by atoms with Crippen LogP contribution in [0.25, 0.3) is 33.1 Å². The molecule has 0 aliphatic heterocycles. The Balaban J connectivity index is 2.12. The van der Waals surface area contributed by atoms with Gasteiger partial charge in [0.1, 0.15) is 11.0 Å². The smallest absolute Gasteiger partial charge is 0.349 e. The number of para-hydroxylation sites is 1. The van der Waals surface area contributed by atoms with Gasteiger partial charge in [-0.05, 0) is 31.2 Å². The van der Waals surface area contributed by atoms with Gasteiger partial charge in [-0.2, -0.15) is 0 Å². The summed E-state index contributed by atoms with van der Waals surface area (Å²) in [5, 5.41) is 1.92. The van der Waals surface area contributed by atoms with Gasteiger partial charge in [0.15, 0.2) is 5.75 Å². The SMILES string of the molecule is CCOc1c(-c2ccc(Cl)cc2)[nH]c2c1c(=O)oc1ccccc12. The van der Waals surface area contributed by atoms with E-state index in [1.807, 2.05) is 37.3 Å². The van der Waals surface area contributed by atoms with Crippen molar-refractivity contribution in [2.75, 3.05) is 6.61 Å². The first-order valence-corrected chi connectivity index (χ1v) is 8.03. The second-order valence-electron chi connectivity index (χ2n) is 5.40. The fourth-order valence-corrected chi connectivity index (χ4v) is 3.03. The average Bonchev–Trinajstić information content (AvgIpc) is 2.96. The normalized spacial score (nSPS) is 11.2. The zero-order chi connectivity index (χ0) is 16.7. The van der Waals surface area contributed by atoms with Crippen LogP contribution >= 0.6 is 11.6 Å². The van der Waals surface area contributed by atoms with Crippen LogP contribution in [-0.4, -0.2) is 11.6 Å². The summed E-state index contributed by atoms with van der Waals surface area (Å²) in [6.07, 6.45) is 0. The van der Waals surface area contributed by atoms with E-state index < -0.39 is 5.63 Å². The molecule has 0 aliphatic carbocycles. The molecule has 0 aliphatic rings. The lowest BCUT2D eigenvalue weighted by Gasteiger charge is -2.05. The number of rotatable bonds is 3. The minimum atomic E-state index is -0.413. The largest absolute Gasteiger partial charge is 0.491 e.